The van der Waals surface area contributed by atoms with Gasteiger partial charge in [0.1, 0.15) is 10.6 Å². The van der Waals surface area contributed by atoms with Crippen molar-refractivity contribution in [1.29, 1.82) is 0 Å². The molecule has 4 rings (SSSR count). The number of thiazole rings is 1. The van der Waals surface area contributed by atoms with Gasteiger partial charge in [-0.15, -0.1) is 11.3 Å². The zero-order valence-corrected chi connectivity index (χ0v) is 17.0. The average molecular weight is 397 g/mol. The number of para-hydroxylation sites is 1. The fourth-order valence-corrected chi connectivity index (χ4v) is 4.48. The van der Waals surface area contributed by atoms with Crippen molar-refractivity contribution in [2.45, 2.75) is 19.9 Å². The monoisotopic (exact) mass is 396 g/mol. The minimum absolute atomic E-state index is 0.306. The van der Waals surface area contributed by atoms with Crippen LogP contribution in [0.2, 0.25) is 0 Å². The van der Waals surface area contributed by atoms with E-state index in [4.69, 9.17) is 4.74 Å². The second-order valence-corrected chi connectivity index (χ2v) is 7.75. The summed E-state index contributed by atoms with van der Waals surface area (Å²) >= 11 is 1.70. The number of piperazine rings is 1. The maximum atomic E-state index is 12.6. The molecule has 1 atom stereocenters. The lowest BCUT2D eigenvalue weighted by Crippen LogP contribution is -2.47. The Labute approximate surface area is 168 Å². The second-order valence-electron chi connectivity index (χ2n) is 6.83. The molecule has 3 heterocycles. The summed E-state index contributed by atoms with van der Waals surface area (Å²) in [6.07, 6.45) is 3.52. The number of fused-ring (bicyclic) bond motifs is 1. The number of hydrogen-bond donors (Lipinski definition) is 0. The van der Waals surface area contributed by atoms with Crippen molar-refractivity contribution in [1.82, 2.24) is 14.9 Å². The normalized spacial score (nSPS) is 16.3. The molecule has 1 aliphatic rings. The van der Waals surface area contributed by atoms with Gasteiger partial charge in [-0.05, 0) is 19.9 Å². The van der Waals surface area contributed by atoms with Crippen LogP contribution >= 0.6 is 11.3 Å². The van der Waals surface area contributed by atoms with Crippen LogP contribution in [0.4, 0.5) is 5.69 Å². The van der Waals surface area contributed by atoms with Crippen LogP contribution in [0.15, 0.2) is 42.0 Å². The van der Waals surface area contributed by atoms with Gasteiger partial charge < -0.3 is 9.64 Å². The molecule has 1 aromatic carbocycles. The van der Waals surface area contributed by atoms with E-state index in [1.165, 1.54) is 0 Å². The van der Waals surface area contributed by atoms with Gasteiger partial charge in [-0.25, -0.2) is 9.78 Å². The van der Waals surface area contributed by atoms with Crippen LogP contribution in [0.3, 0.4) is 0 Å². The number of carbonyl (C=O) groups is 1. The van der Waals surface area contributed by atoms with Crippen molar-refractivity contribution in [3.63, 3.8) is 0 Å². The lowest BCUT2D eigenvalue weighted by Gasteiger charge is -2.39. The molecule has 146 valence electrons. The van der Waals surface area contributed by atoms with Gasteiger partial charge in [0.05, 0.1) is 23.9 Å². The topological polar surface area (TPSA) is 58.6 Å². The van der Waals surface area contributed by atoms with Gasteiger partial charge in [0.15, 0.2) is 0 Å². The van der Waals surface area contributed by atoms with Crippen LogP contribution in [-0.4, -0.2) is 53.6 Å². The van der Waals surface area contributed by atoms with E-state index < -0.39 is 0 Å². The molecule has 1 fully saturated rings. The van der Waals surface area contributed by atoms with Gasteiger partial charge in [0, 0.05) is 49.3 Å². The Bertz CT molecular complexity index is 952. The number of carbonyl (C=O) groups excluding carboxylic acids is 1. The summed E-state index contributed by atoms with van der Waals surface area (Å²) in [6, 6.07) is 8.28. The maximum Gasteiger partial charge on any atom is 0.341 e. The van der Waals surface area contributed by atoms with Crippen molar-refractivity contribution in [3.8, 4) is 0 Å². The number of benzene rings is 1. The molecule has 6 nitrogen and oxygen atoms in total. The van der Waals surface area contributed by atoms with Crippen LogP contribution in [0.1, 0.15) is 35.3 Å². The third kappa shape index (κ3) is 3.59. The van der Waals surface area contributed by atoms with Gasteiger partial charge in [-0.1, -0.05) is 18.2 Å². The summed E-state index contributed by atoms with van der Waals surface area (Å²) in [6.45, 7) is 7.90. The molecule has 1 aliphatic heterocycles. The summed E-state index contributed by atoms with van der Waals surface area (Å²) in [5.74, 6) is -0.311. The molecule has 28 heavy (non-hydrogen) atoms. The zero-order valence-electron chi connectivity index (χ0n) is 16.2. The Morgan fingerprint density at radius 1 is 1.21 bits per heavy atom. The third-order valence-electron chi connectivity index (χ3n) is 5.23. The summed E-state index contributed by atoms with van der Waals surface area (Å²) in [5, 5.41) is 4.17. The summed E-state index contributed by atoms with van der Waals surface area (Å²) < 4.78 is 5.29. The number of pyridine rings is 1. The first kappa shape index (κ1) is 18.8. The Balaban J connectivity index is 1.62. The SMILES string of the molecule is CCOC(=O)c1cnc2ccccc2c1N1CCN(C(C)c2nccs2)CC1. The maximum absolute atomic E-state index is 12.6. The molecular weight excluding hydrogens is 372 g/mol. The van der Waals surface area contributed by atoms with E-state index >= 15 is 0 Å². The van der Waals surface area contributed by atoms with Crippen LogP contribution in [0.5, 0.6) is 0 Å². The molecule has 0 N–H and O–H groups in total. The van der Waals surface area contributed by atoms with Crippen LogP contribution in [-0.2, 0) is 4.74 Å². The number of nitrogens with zero attached hydrogens (tertiary/aromatic N) is 4. The highest BCUT2D eigenvalue weighted by atomic mass is 32.1. The first-order valence-corrected chi connectivity index (χ1v) is 10.5. The lowest BCUT2D eigenvalue weighted by molar-refractivity contribution is 0.0526. The van der Waals surface area contributed by atoms with E-state index in [1.807, 2.05) is 42.8 Å². The predicted molar refractivity (Wildman–Crippen MR) is 112 cm³/mol. The fourth-order valence-electron chi connectivity index (χ4n) is 3.76. The molecule has 7 heteroatoms. The highest BCUT2D eigenvalue weighted by Gasteiger charge is 2.27. The molecule has 0 saturated carbocycles. The highest BCUT2D eigenvalue weighted by Crippen LogP contribution is 2.32. The molecule has 0 spiro atoms. The Hall–Kier alpha value is -2.51. The van der Waals surface area contributed by atoms with Crippen molar-refractivity contribution in [2.24, 2.45) is 0 Å². The molecule has 1 unspecified atom stereocenters. The largest absolute Gasteiger partial charge is 0.462 e. The first-order valence-electron chi connectivity index (χ1n) is 9.62. The number of aromatic nitrogens is 2. The number of anilines is 1. The Kier molecular flexibility index (Phi) is 5.54. The summed E-state index contributed by atoms with van der Waals surface area (Å²) in [7, 11) is 0. The van der Waals surface area contributed by atoms with Gasteiger partial charge in [-0.3, -0.25) is 9.88 Å². The number of esters is 1. The van der Waals surface area contributed by atoms with Crippen molar-refractivity contribution >= 4 is 33.9 Å². The van der Waals surface area contributed by atoms with Gasteiger partial charge in [0.25, 0.3) is 0 Å². The van der Waals surface area contributed by atoms with Crippen LogP contribution in [0, 0.1) is 0 Å². The van der Waals surface area contributed by atoms with E-state index in [0.717, 1.165) is 47.8 Å². The Morgan fingerprint density at radius 3 is 2.71 bits per heavy atom. The van der Waals surface area contributed by atoms with Crippen LogP contribution < -0.4 is 4.90 Å². The molecule has 2 aromatic heterocycles. The zero-order chi connectivity index (χ0) is 19.5. The van der Waals surface area contributed by atoms with E-state index in [-0.39, 0.29) is 5.97 Å². The minimum atomic E-state index is -0.311. The summed E-state index contributed by atoms with van der Waals surface area (Å²) in [5.41, 5.74) is 2.37. The standard InChI is InChI=1S/C21H24N4O2S/c1-3-27-21(26)17-14-23-18-7-5-4-6-16(18)19(17)25-11-9-24(10-12-25)15(2)20-22-8-13-28-20/h4-8,13-15H,3,9-12H2,1-2H3. The number of rotatable bonds is 5. The average Bonchev–Trinajstić information content (AvgIpc) is 3.27. The number of ether oxygens (including phenoxy) is 1. The van der Waals surface area contributed by atoms with Gasteiger partial charge in [0.2, 0.25) is 0 Å². The van der Waals surface area contributed by atoms with Crippen molar-refractivity contribution in [3.05, 3.63) is 52.6 Å². The molecule has 0 bridgehead atoms. The number of hydrogen-bond acceptors (Lipinski definition) is 7. The Morgan fingerprint density at radius 2 is 2.00 bits per heavy atom. The smallest absolute Gasteiger partial charge is 0.341 e. The molecule has 0 aliphatic carbocycles. The van der Waals surface area contributed by atoms with E-state index in [1.54, 1.807) is 17.5 Å². The molecular formula is C21H24N4O2S. The van der Waals surface area contributed by atoms with Crippen molar-refractivity contribution < 1.29 is 9.53 Å². The van der Waals surface area contributed by atoms with Gasteiger partial charge in [-0.2, -0.15) is 0 Å². The second kappa shape index (κ2) is 8.24. The van der Waals surface area contributed by atoms with E-state index in [2.05, 4.69) is 26.7 Å². The van der Waals surface area contributed by atoms with Crippen LogP contribution in [0.25, 0.3) is 10.9 Å². The molecule has 1 saturated heterocycles. The van der Waals surface area contributed by atoms with E-state index in [9.17, 15) is 4.79 Å². The highest BCUT2D eigenvalue weighted by molar-refractivity contribution is 7.09. The fraction of sp³-hybridized carbons (Fsp3) is 0.381. The minimum Gasteiger partial charge on any atom is -0.462 e. The molecule has 0 amide bonds. The van der Waals surface area contributed by atoms with Crippen molar-refractivity contribution in [2.75, 3.05) is 37.7 Å². The van der Waals surface area contributed by atoms with Gasteiger partial charge >= 0.3 is 5.97 Å². The quantitative estimate of drug-likeness (QED) is 0.612. The lowest BCUT2D eigenvalue weighted by atomic mass is 10.1. The molecule has 0 radical (unpaired) electrons. The summed E-state index contributed by atoms with van der Waals surface area (Å²) in [4.78, 5) is 26.2. The molecule has 3 aromatic rings. The third-order valence-corrected chi connectivity index (χ3v) is 6.18. The predicted octanol–water partition coefficient (Wildman–Crippen LogP) is 3.75. The van der Waals surface area contributed by atoms with E-state index in [0.29, 0.717) is 18.2 Å². The first-order chi connectivity index (χ1) is 13.7.